The number of carbonyl (C=O) groups excluding carboxylic acids is 1. The van der Waals surface area contributed by atoms with E-state index in [4.69, 9.17) is 4.74 Å². The van der Waals surface area contributed by atoms with Crippen LogP contribution in [0.15, 0.2) is 67.1 Å². The third-order valence-electron chi connectivity index (χ3n) is 5.67. The van der Waals surface area contributed by atoms with Gasteiger partial charge in [-0.1, -0.05) is 31.2 Å². The van der Waals surface area contributed by atoms with Crippen molar-refractivity contribution in [1.29, 1.82) is 0 Å². The number of ether oxygens (including phenoxy) is 1. The van der Waals surface area contributed by atoms with Crippen molar-refractivity contribution in [3.8, 4) is 17.3 Å². The molecule has 172 valence electrons. The fourth-order valence-electron chi connectivity index (χ4n) is 4.01. The molecule has 0 aliphatic carbocycles. The normalized spacial score (nSPS) is 14.3. The van der Waals surface area contributed by atoms with Crippen LogP contribution in [-0.2, 0) is 13.1 Å². The SMILES string of the molecule is CCCn1c(CNc2cccc(C(=O)N[C@@H]3COc4ccccc43)c2)nnc1-c1ccncn1. The van der Waals surface area contributed by atoms with Crippen molar-refractivity contribution in [2.24, 2.45) is 0 Å². The van der Waals surface area contributed by atoms with E-state index in [1.54, 1.807) is 12.3 Å². The lowest BCUT2D eigenvalue weighted by Crippen LogP contribution is -2.29. The van der Waals surface area contributed by atoms with Crippen LogP contribution in [0.1, 0.15) is 41.1 Å². The van der Waals surface area contributed by atoms with Gasteiger partial charge in [0, 0.05) is 29.6 Å². The highest BCUT2D eigenvalue weighted by molar-refractivity contribution is 5.95. The quantitative estimate of drug-likeness (QED) is 0.418. The standard InChI is InChI=1S/C25H25N7O2/c1-2-12-32-23(30-31-24(32)20-10-11-26-16-28-20)14-27-18-7-5-6-17(13-18)25(33)29-21-15-34-22-9-4-3-8-19(21)22/h3-11,13,16,21,27H,2,12,14-15H2,1H3,(H,29,33)/t21-/m1/s1. The van der Waals surface area contributed by atoms with E-state index < -0.39 is 0 Å². The smallest absolute Gasteiger partial charge is 0.251 e. The molecule has 2 N–H and O–H groups in total. The minimum Gasteiger partial charge on any atom is -0.491 e. The molecular formula is C25H25N7O2. The molecule has 9 heteroatoms. The van der Waals surface area contributed by atoms with Gasteiger partial charge >= 0.3 is 0 Å². The predicted octanol–water partition coefficient (Wildman–Crippen LogP) is 3.62. The second-order valence-corrected chi connectivity index (χ2v) is 8.00. The summed E-state index contributed by atoms with van der Waals surface area (Å²) >= 11 is 0. The number of fused-ring (bicyclic) bond motifs is 1. The molecule has 34 heavy (non-hydrogen) atoms. The van der Waals surface area contributed by atoms with Crippen LogP contribution < -0.4 is 15.4 Å². The van der Waals surface area contributed by atoms with Crippen LogP contribution in [0, 0.1) is 0 Å². The number of rotatable bonds is 8. The molecule has 0 radical (unpaired) electrons. The molecule has 0 spiro atoms. The average molecular weight is 456 g/mol. The number of benzene rings is 2. The van der Waals surface area contributed by atoms with Crippen LogP contribution in [0.25, 0.3) is 11.5 Å². The molecule has 2 aromatic heterocycles. The summed E-state index contributed by atoms with van der Waals surface area (Å²) in [6.45, 7) is 3.78. The van der Waals surface area contributed by atoms with E-state index in [-0.39, 0.29) is 11.9 Å². The topological polar surface area (TPSA) is 107 Å². The van der Waals surface area contributed by atoms with Gasteiger partial charge in [-0.15, -0.1) is 10.2 Å². The molecule has 5 rings (SSSR count). The van der Waals surface area contributed by atoms with Gasteiger partial charge in [0.2, 0.25) is 0 Å². The molecule has 0 saturated carbocycles. The molecule has 3 heterocycles. The Hall–Kier alpha value is -4.27. The first-order chi connectivity index (χ1) is 16.7. The zero-order chi connectivity index (χ0) is 23.3. The Morgan fingerprint density at radius 1 is 1.15 bits per heavy atom. The van der Waals surface area contributed by atoms with Gasteiger partial charge in [0.15, 0.2) is 11.6 Å². The minimum absolute atomic E-state index is 0.144. The lowest BCUT2D eigenvalue weighted by atomic mass is 10.1. The number of hydrogen-bond acceptors (Lipinski definition) is 7. The number of aromatic nitrogens is 5. The summed E-state index contributed by atoms with van der Waals surface area (Å²) in [5, 5.41) is 15.2. The second kappa shape index (κ2) is 9.70. The third kappa shape index (κ3) is 4.45. The number of para-hydroxylation sites is 1. The van der Waals surface area contributed by atoms with Gasteiger partial charge in [0.1, 0.15) is 24.4 Å². The number of nitrogens with zero attached hydrogens (tertiary/aromatic N) is 5. The van der Waals surface area contributed by atoms with Gasteiger partial charge in [-0.3, -0.25) is 4.79 Å². The van der Waals surface area contributed by atoms with Gasteiger partial charge in [0.25, 0.3) is 5.91 Å². The lowest BCUT2D eigenvalue weighted by Gasteiger charge is -2.13. The molecule has 1 aliphatic rings. The van der Waals surface area contributed by atoms with Crippen LogP contribution in [0.2, 0.25) is 0 Å². The fourth-order valence-corrected chi connectivity index (χ4v) is 4.01. The second-order valence-electron chi connectivity index (χ2n) is 8.00. The number of anilines is 1. The molecule has 1 aliphatic heterocycles. The molecule has 2 aromatic carbocycles. The van der Waals surface area contributed by atoms with Crippen LogP contribution in [0.4, 0.5) is 5.69 Å². The monoisotopic (exact) mass is 455 g/mol. The predicted molar refractivity (Wildman–Crippen MR) is 127 cm³/mol. The first-order valence-electron chi connectivity index (χ1n) is 11.3. The molecule has 0 saturated heterocycles. The van der Waals surface area contributed by atoms with Gasteiger partial charge < -0.3 is 19.9 Å². The van der Waals surface area contributed by atoms with E-state index in [1.807, 2.05) is 48.5 Å². The van der Waals surface area contributed by atoms with Crippen molar-refractivity contribution in [2.45, 2.75) is 32.5 Å². The molecule has 0 bridgehead atoms. The van der Waals surface area contributed by atoms with E-state index in [1.165, 1.54) is 6.33 Å². The average Bonchev–Trinajstić information content (AvgIpc) is 3.48. The first-order valence-corrected chi connectivity index (χ1v) is 11.3. The van der Waals surface area contributed by atoms with Crippen molar-refractivity contribution in [3.05, 3.63) is 84.1 Å². The summed E-state index contributed by atoms with van der Waals surface area (Å²) in [5.74, 6) is 2.19. The maximum Gasteiger partial charge on any atom is 0.251 e. The third-order valence-corrected chi connectivity index (χ3v) is 5.67. The van der Waals surface area contributed by atoms with Crippen molar-refractivity contribution in [3.63, 3.8) is 0 Å². The van der Waals surface area contributed by atoms with Gasteiger partial charge in [0.05, 0.1) is 12.6 Å². The van der Waals surface area contributed by atoms with Gasteiger partial charge in [-0.05, 0) is 36.8 Å². The highest BCUT2D eigenvalue weighted by atomic mass is 16.5. The van der Waals surface area contributed by atoms with Crippen molar-refractivity contribution in [1.82, 2.24) is 30.0 Å². The summed E-state index contributed by atoms with van der Waals surface area (Å²) in [5.41, 5.74) is 3.13. The highest BCUT2D eigenvalue weighted by Gasteiger charge is 2.25. The summed E-state index contributed by atoms with van der Waals surface area (Å²) in [6, 6.07) is 16.9. The van der Waals surface area contributed by atoms with E-state index >= 15 is 0 Å². The first kappa shape index (κ1) is 21.6. The Labute approximate surface area is 197 Å². The lowest BCUT2D eigenvalue weighted by molar-refractivity contribution is 0.0930. The van der Waals surface area contributed by atoms with Crippen molar-refractivity contribution < 1.29 is 9.53 Å². The minimum atomic E-state index is -0.159. The maximum absolute atomic E-state index is 12.9. The fraction of sp³-hybridized carbons (Fsp3) is 0.240. The Kier molecular flexibility index (Phi) is 6.15. The Morgan fingerprint density at radius 3 is 2.91 bits per heavy atom. The summed E-state index contributed by atoms with van der Waals surface area (Å²) in [7, 11) is 0. The van der Waals surface area contributed by atoms with E-state index in [2.05, 4.69) is 42.3 Å². The summed E-state index contributed by atoms with van der Waals surface area (Å²) in [4.78, 5) is 21.2. The summed E-state index contributed by atoms with van der Waals surface area (Å²) < 4.78 is 7.73. The number of amides is 1. The van der Waals surface area contributed by atoms with E-state index in [0.717, 1.165) is 41.5 Å². The zero-order valence-electron chi connectivity index (χ0n) is 18.8. The maximum atomic E-state index is 12.9. The van der Waals surface area contributed by atoms with Gasteiger partial charge in [-0.2, -0.15) is 0 Å². The Morgan fingerprint density at radius 2 is 2.06 bits per heavy atom. The number of carbonyl (C=O) groups is 1. The molecule has 0 fully saturated rings. The molecular weight excluding hydrogens is 430 g/mol. The number of hydrogen-bond donors (Lipinski definition) is 2. The Bertz CT molecular complexity index is 1290. The van der Waals surface area contributed by atoms with Gasteiger partial charge in [-0.25, -0.2) is 9.97 Å². The Balaban J connectivity index is 1.28. The molecule has 9 nitrogen and oxygen atoms in total. The van der Waals surface area contributed by atoms with Crippen LogP contribution in [0.5, 0.6) is 5.75 Å². The van der Waals surface area contributed by atoms with Crippen molar-refractivity contribution in [2.75, 3.05) is 11.9 Å². The van der Waals surface area contributed by atoms with E-state index in [0.29, 0.717) is 24.5 Å². The van der Waals surface area contributed by atoms with Crippen LogP contribution >= 0.6 is 0 Å². The zero-order valence-corrected chi connectivity index (χ0v) is 18.8. The van der Waals surface area contributed by atoms with Crippen molar-refractivity contribution >= 4 is 11.6 Å². The molecule has 4 aromatic rings. The molecule has 0 unspecified atom stereocenters. The van der Waals surface area contributed by atoms with E-state index in [9.17, 15) is 4.79 Å². The molecule has 1 amide bonds. The highest BCUT2D eigenvalue weighted by Crippen LogP contribution is 2.31. The largest absolute Gasteiger partial charge is 0.491 e. The summed E-state index contributed by atoms with van der Waals surface area (Å²) in [6.07, 6.45) is 4.13. The van der Waals surface area contributed by atoms with Crippen LogP contribution in [-0.4, -0.2) is 37.2 Å². The molecule has 1 atom stereocenters. The van der Waals surface area contributed by atoms with Crippen LogP contribution in [0.3, 0.4) is 0 Å². The number of nitrogens with one attached hydrogen (secondary N) is 2.